The predicted octanol–water partition coefficient (Wildman–Crippen LogP) is 1.69. The number of hydrogen-bond donors (Lipinski definition) is 3. The molecule has 0 amide bonds. The Morgan fingerprint density at radius 2 is 2.21 bits per heavy atom. The first-order chi connectivity index (χ1) is 9.21. The maximum atomic E-state index is 5.55. The molecule has 2 heterocycles. The first-order valence-electron chi connectivity index (χ1n) is 6.94. The normalized spacial score (nSPS) is 23.1. The van der Waals surface area contributed by atoms with Crippen LogP contribution in [0.3, 0.4) is 0 Å². The highest BCUT2D eigenvalue weighted by Gasteiger charge is 2.19. The number of anilines is 2. The molecule has 0 aliphatic carbocycles. The standard InChI is InChI=1S/C13H23N5O/c1-3-4-11-16-12(8-13(17-11)18-14)15-10-5-6-19-9(2)7-10/h8-10H,3-7,14H2,1-2H3,(H2,15,16,17,18). The van der Waals surface area contributed by atoms with E-state index in [2.05, 4.69) is 34.6 Å². The number of nitrogen functional groups attached to an aromatic ring is 1. The van der Waals surface area contributed by atoms with Crippen LogP contribution in [0.2, 0.25) is 0 Å². The summed E-state index contributed by atoms with van der Waals surface area (Å²) in [7, 11) is 0. The molecular formula is C13H23N5O. The molecule has 0 radical (unpaired) electrons. The zero-order chi connectivity index (χ0) is 13.7. The minimum atomic E-state index is 0.301. The minimum Gasteiger partial charge on any atom is -0.378 e. The smallest absolute Gasteiger partial charge is 0.145 e. The Hall–Kier alpha value is -1.40. The second kappa shape index (κ2) is 6.68. The van der Waals surface area contributed by atoms with Gasteiger partial charge in [-0.3, -0.25) is 0 Å². The maximum absolute atomic E-state index is 5.55. The van der Waals surface area contributed by atoms with Crippen molar-refractivity contribution < 1.29 is 4.74 Å². The van der Waals surface area contributed by atoms with E-state index in [1.165, 1.54) is 0 Å². The maximum Gasteiger partial charge on any atom is 0.145 e. The first kappa shape index (κ1) is 14.0. The van der Waals surface area contributed by atoms with E-state index in [1.807, 2.05) is 6.07 Å². The average molecular weight is 265 g/mol. The van der Waals surface area contributed by atoms with Crippen LogP contribution in [0.25, 0.3) is 0 Å². The first-order valence-corrected chi connectivity index (χ1v) is 6.94. The molecule has 1 aliphatic heterocycles. The van der Waals surface area contributed by atoms with E-state index in [4.69, 9.17) is 10.6 Å². The van der Waals surface area contributed by atoms with Gasteiger partial charge in [-0.2, -0.15) is 0 Å². The van der Waals surface area contributed by atoms with Gasteiger partial charge in [0.05, 0.1) is 6.10 Å². The van der Waals surface area contributed by atoms with Crippen molar-refractivity contribution in [1.82, 2.24) is 9.97 Å². The lowest BCUT2D eigenvalue weighted by Crippen LogP contribution is -2.32. The van der Waals surface area contributed by atoms with Gasteiger partial charge in [0.2, 0.25) is 0 Å². The van der Waals surface area contributed by atoms with E-state index >= 15 is 0 Å². The topological polar surface area (TPSA) is 85.1 Å². The van der Waals surface area contributed by atoms with Crippen molar-refractivity contribution >= 4 is 11.6 Å². The summed E-state index contributed by atoms with van der Waals surface area (Å²) < 4.78 is 5.55. The number of aryl methyl sites for hydroxylation is 1. The van der Waals surface area contributed by atoms with E-state index in [0.717, 1.165) is 43.9 Å². The highest BCUT2D eigenvalue weighted by molar-refractivity contribution is 5.47. The number of nitrogens with two attached hydrogens (primary N) is 1. The van der Waals surface area contributed by atoms with Gasteiger partial charge in [-0.05, 0) is 26.2 Å². The van der Waals surface area contributed by atoms with Gasteiger partial charge in [0.1, 0.15) is 17.5 Å². The molecule has 0 saturated carbocycles. The van der Waals surface area contributed by atoms with Crippen molar-refractivity contribution in [1.29, 1.82) is 0 Å². The predicted molar refractivity (Wildman–Crippen MR) is 75.9 cm³/mol. The molecule has 2 atom stereocenters. The number of hydrazine groups is 1. The van der Waals surface area contributed by atoms with E-state index in [-0.39, 0.29) is 0 Å². The summed E-state index contributed by atoms with van der Waals surface area (Å²) in [5.74, 6) is 7.76. The SMILES string of the molecule is CCCc1nc(NN)cc(NC2CCOC(C)C2)n1. The monoisotopic (exact) mass is 265 g/mol. The van der Waals surface area contributed by atoms with Crippen molar-refractivity contribution in [3.05, 3.63) is 11.9 Å². The van der Waals surface area contributed by atoms with Crippen LogP contribution in [0.15, 0.2) is 6.07 Å². The molecule has 6 heteroatoms. The zero-order valence-electron chi connectivity index (χ0n) is 11.6. The molecule has 0 spiro atoms. The van der Waals surface area contributed by atoms with Crippen molar-refractivity contribution in [2.75, 3.05) is 17.3 Å². The molecule has 6 nitrogen and oxygen atoms in total. The van der Waals surface area contributed by atoms with Gasteiger partial charge < -0.3 is 15.5 Å². The molecule has 2 unspecified atom stereocenters. The van der Waals surface area contributed by atoms with Crippen LogP contribution in [0.1, 0.15) is 38.9 Å². The fraction of sp³-hybridized carbons (Fsp3) is 0.692. The average Bonchev–Trinajstić information content (AvgIpc) is 2.39. The van der Waals surface area contributed by atoms with E-state index in [1.54, 1.807) is 0 Å². The lowest BCUT2D eigenvalue weighted by atomic mass is 10.0. The molecule has 1 aliphatic rings. The van der Waals surface area contributed by atoms with Gasteiger partial charge in [0.25, 0.3) is 0 Å². The van der Waals surface area contributed by atoms with Crippen LogP contribution in [-0.4, -0.2) is 28.7 Å². The van der Waals surface area contributed by atoms with Crippen LogP contribution in [0, 0.1) is 0 Å². The second-order valence-electron chi connectivity index (χ2n) is 5.00. The Balaban J connectivity index is 2.07. The number of nitrogens with one attached hydrogen (secondary N) is 2. The van der Waals surface area contributed by atoms with Crippen molar-refractivity contribution in [3.8, 4) is 0 Å². The Morgan fingerprint density at radius 1 is 1.42 bits per heavy atom. The molecule has 1 aromatic rings. The Morgan fingerprint density at radius 3 is 2.89 bits per heavy atom. The molecule has 1 fully saturated rings. The molecule has 2 rings (SSSR count). The number of aromatic nitrogens is 2. The lowest BCUT2D eigenvalue weighted by molar-refractivity contribution is 0.0232. The summed E-state index contributed by atoms with van der Waals surface area (Å²) in [4.78, 5) is 8.87. The molecule has 0 aromatic carbocycles. The van der Waals surface area contributed by atoms with Gasteiger partial charge in [0, 0.05) is 25.1 Å². The van der Waals surface area contributed by atoms with E-state index < -0.39 is 0 Å². The lowest BCUT2D eigenvalue weighted by Gasteiger charge is -2.28. The third-order valence-corrected chi connectivity index (χ3v) is 3.23. The molecule has 1 saturated heterocycles. The Kier molecular flexibility index (Phi) is 4.93. The molecule has 4 N–H and O–H groups in total. The third-order valence-electron chi connectivity index (χ3n) is 3.23. The fourth-order valence-electron chi connectivity index (χ4n) is 2.32. The summed E-state index contributed by atoms with van der Waals surface area (Å²) in [6, 6.07) is 2.25. The summed E-state index contributed by atoms with van der Waals surface area (Å²) in [5.41, 5.74) is 2.60. The summed E-state index contributed by atoms with van der Waals surface area (Å²) in [5, 5.41) is 3.46. The molecule has 1 aromatic heterocycles. The number of nitrogens with zero attached hydrogens (tertiary/aromatic N) is 2. The molecule has 106 valence electrons. The van der Waals surface area contributed by atoms with Gasteiger partial charge in [-0.15, -0.1) is 0 Å². The van der Waals surface area contributed by atoms with Crippen LogP contribution in [-0.2, 0) is 11.2 Å². The third kappa shape index (κ3) is 4.04. The van der Waals surface area contributed by atoms with Crippen LogP contribution >= 0.6 is 0 Å². The van der Waals surface area contributed by atoms with Gasteiger partial charge in [-0.1, -0.05) is 6.92 Å². The fourth-order valence-corrected chi connectivity index (χ4v) is 2.32. The van der Waals surface area contributed by atoms with Gasteiger partial charge in [-0.25, -0.2) is 15.8 Å². The number of rotatable bonds is 5. The van der Waals surface area contributed by atoms with Crippen LogP contribution < -0.4 is 16.6 Å². The molecular weight excluding hydrogens is 242 g/mol. The largest absolute Gasteiger partial charge is 0.378 e. The zero-order valence-corrected chi connectivity index (χ0v) is 11.6. The van der Waals surface area contributed by atoms with Crippen LogP contribution in [0.5, 0.6) is 0 Å². The summed E-state index contributed by atoms with van der Waals surface area (Å²) in [6.45, 7) is 5.01. The van der Waals surface area contributed by atoms with Gasteiger partial charge >= 0.3 is 0 Å². The summed E-state index contributed by atoms with van der Waals surface area (Å²) in [6.07, 6.45) is 4.17. The van der Waals surface area contributed by atoms with E-state index in [9.17, 15) is 0 Å². The van der Waals surface area contributed by atoms with Crippen molar-refractivity contribution in [2.24, 2.45) is 5.84 Å². The molecule has 0 bridgehead atoms. The number of ether oxygens (including phenoxy) is 1. The Labute approximate surface area is 114 Å². The van der Waals surface area contributed by atoms with Crippen LogP contribution in [0.4, 0.5) is 11.6 Å². The summed E-state index contributed by atoms with van der Waals surface area (Å²) >= 11 is 0. The van der Waals surface area contributed by atoms with Crippen molar-refractivity contribution in [2.45, 2.75) is 51.7 Å². The van der Waals surface area contributed by atoms with E-state index in [0.29, 0.717) is 18.0 Å². The quantitative estimate of drug-likeness (QED) is 0.555. The Bertz CT molecular complexity index is 412. The highest BCUT2D eigenvalue weighted by Crippen LogP contribution is 2.19. The second-order valence-corrected chi connectivity index (χ2v) is 5.00. The van der Waals surface area contributed by atoms with Crippen molar-refractivity contribution in [3.63, 3.8) is 0 Å². The number of hydrogen-bond acceptors (Lipinski definition) is 6. The highest BCUT2D eigenvalue weighted by atomic mass is 16.5. The minimum absolute atomic E-state index is 0.301. The molecule has 19 heavy (non-hydrogen) atoms. The van der Waals surface area contributed by atoms with Gasteiger partial charge in [0.15, 0.2) is 0 Å².